The Labute approximate surface area is 179 Å². The fraction of sp³-hybridized carbons (Fsp3) is 0.286. The normalized spacial score (nSPS) is 15.8. The summed E-state index contributed by atoms with van der Waals surface area (Å²) in [7, 11) is 0. The predicted molar refractivity (Wildman–Crippen MR) is 109 cm³/mol. The summed E-state index contributed by atoms with van der Waals surface area (Å²) in [6, 6.07) is 5.60. The number of amides is 1. The Morgan fingerprint density at radius 2 is 1.93 bits per heavy atom. The molecule has 0 spiro atoms. The molecule has 1 atom stereocenters. The minimum absolute atomic E-state index is 0.00000564. The quantitative estimate of drug-likeness (QED) is 0.542. The van der Waals surface area contributed by atoms with E-state index in [0.717, 1.165) is 41.9 Å². The number of hydrogen-bond donors (Lipinski definition) is 1. The van der Waals surface area contributed by atoms with Crippen molar-refractivity contribution in [2.75, 3.05) is 11.5 Å². The molecule has 0 bridgehead atoms. The van der Waals surface area contributed by atoms with Crippen molar-refractivity contribution in [3.63, 3.8) is 0 Å². The number of halogens is 6. The fourth-order valence-corrected chi connectivity index (χ4v) is 3.86. The van der Waals surface area contributed by atoms with Gasteiger partial charge in [-0.3, -0.25) is 4.79 Å². The van der Waals surface area contributed by atoms with E-state index >= 15 is 0 Å². The smallest absolute Gasteiger partial charge is 0.348 e. The monoisotopic (exact) mass is 461 g/mol. The molecule has 0 aromatic heterocycles. The zero-order chi connectivity index (χ0) is 22.1. The first-order valence-electron chi connectivity index (χ1n) is 8.95. The lowest BCUT2D eigenvalue weighted by atomic mass is 9.95. The Balaban J connectivity index is 1.84. The molecule has 160 valence electrons. The van der Waals surface area contributed by atoms with E-state index in [1.807, 2.05) is 0 Å². The summed E-state index contributed by atoms with van der Waals surface area (Å²) in [6.45, 7) is 1.32. The number of alkyl halides is 3. The standard InChI is InChI=1S/C21H17ClF5NOS/c1-11-6-13(8-17(22)19(11)24)16(21(25,26)27)5-3-12-2-4-15(18(23)7-12)20(29)28-14-9-30-10-14/h2-8,14,16H,9-10H2,1H3,(H,28,29)/b5-3+. The Bertz CT molecular complexity index is 965. The van der Waals surface area contributed by atoms with E-state index in [2.05, 4.69) is 5.32 Å². The van der Waals surface area contributed by atoms with Gasteiger partial charge in [-0.1, -0.05) is 35.9 Å². The third kappa shape index (κ3) is 5.16. The molecule has 0 radical (unpaired) electrons. The topological polar surface area (TPSA) is 29.1 Å². The summed E-state index contributed by atoms with van der Waals surface area (Å²) in [5, 5.41) is 2.29. The number of carbonyl (C=O) groups is 1. The number of rotatable bonds is 5. The van der Waals surface area contributed by atoms with Crippen LogP contribution in [0, 0.1) is 18.6 Å². The Hall–Kier alpha value is -2.06. The second-order valence-electron chi connectivity index (χ2n) is 6.96. The summed E-state index contributed by atoms with van der Waals surface area (Å²) >= 11 is 7.36. The van der Waals surface area contributed by atoms with Crippen molar-refractivity contribution < 1.29 is 26.7 Å². The molecule has 0 aliphatic carbocycles. The van der Waals surface area contributed by atoms with Crippen LogP contribution in [0.25, 0.3) is 6.08 Å². The van der Waals surface area contributed by atoms with Crippen LogP contribution in [0.5, 0.6) is 0 Å². The molecule has 1 saturated heterocycles. The highest BCUT2D eigenvalue weighted by atomic mass is 35.5. The Morgan fingerprint density at radius 1 is 1.23 bits per heavy atom. The maximum atomic E-state index is 14.3. The van der Waals surface area contributed by atoms with E-state index < -0.39 is 34.7 Å². The van der Waals surface area contributed by atoms with Gasteiger partial charge in [-0.25, -0.2) is 8.78 Å². The number of allylic oxidation sites excluding steroid dienone is 1. The minimum atomic E-state index is -4.66. The molecule has 1 aliphatic rings. The van der Waals surface area contributed by atoms with Crippen molar-refractivity contribution in [3.8, 4) is 0 Å². The van der Waals surface area contributed by atoms with Crippen molar-refractivity contribution in [3.05, 3.63) is 75.3 Å². The maximum absolute atomic E-state index is 14.3. The molecule has 1 unspecified atom stereocenters. The van der Waals surface area contributed by atoms with Gasteiger partial charge >= 0.3 is 6.18 Å². The van der Waals surface area contributed by atoms with Crippen LogP contribution in [0.4, 0.5) is 22.0 Å². The molecule has 2 aromatic carbocycles. The highest BCUT2D eigenvalue weighted by molar-refractivity contribution is 8.00. The number of carbonyl (C=O) groups excluding carboxylic acids is 1. The predicted octanol–water partition coefficient (Wildman–Crippen LogP) is 6.13. The highest BCUT2D eigenvalue weighted by Gasteiger charge is 2.39. The summed E-state index contributed by atoms with van der Waals surface area (Å²) in [4.78, 5) is 12.1. The summed E-state index contributed by atoms with van der Waals surface area (Å²) in [6.07, 6.45) is -2.70. The van der Waals surface area contributed by atoms with Gasteiger partial charge in [-0.2, -0.15) is 24.9 Å². The largest absolute Gasteiger partial charge is 0.399 e. The van der Waals surface area contributed by atoms with Crippen molar-refractivity contribution in [2.45, 2.75) is 25.1 Å². The molecule has 1 N–H and O–H groups in total. The molecule has 1 amide bonds. The SMILES string of the molecule is Cc1cc(C(/C=C/c2ccc(C(=O)NC3CSC3)c(F)c2)C(F)(F)F)cc(Cl)c1F. The molecule has 1 heterocycles. The van der Waals surface area contributed by atoms with Gasteiger partial charge in [0.15, 0.2) is 0 Å². The summed E-state index contributed by atoms with van der Waals surface area (Å²) in [5.74, 6) is -2.69. The van der Waals surface area contributed by atoms with Crippen LogP contribution in [0.2, 0.25) is 5.02 Å². The van der Waals surface area contributed by atoms with E-state index in [9.17, 15) is 26.7 Å². The fourth-order valence-electron chi connectivity index (χ4n) is 2.95. The zero-order valence-electron chi connectivity index (χ0n) is 15.7. The van der Waals surface area contributed by atoms with E-state index in [4.69, 9.17) is 11.6 Å². The Kier molecular flexibility index (Phi) is 6.77. The first-order valence-corrected chi connectivity index (χ1v) is 10.5. The van der Waals surface area contributed by atoms with Gasteiger partial charge in [-0.15, -0.1) is 0 Å². The van der Waals surface area contributed by atoms with E-state index in [1.165, 1.54) is 19.1 Å². The number of nitrogens with one attached hydrogen (secondary N) is 1. The van der Waals surface area contributed by atoms with Crippen molar-refractivity contribution in [2.24, 2.45) is 0 Å². The zero-order valence-corrected chi connectivity index (χ0v) is 17.3. The van der Waals surface area contributed by atoms with Crippen LogP contribution in [0.15, 0.2) is 36.4 Å². The van der Waals surface area contributed by atoms with Gasteiger partial charge in [0.05, 0.1) is 16.5 Å². The van der Waals surface area contributed by atoms with Crippen LogP contribution in [-0.4, -0.2) is 29.6 Å². The average molecular weight is 462 g/mol. The van der Waals surface area contributed by atoms with Crippen LogP contribution in [0.3, 0.4) is 0 Å². The molecule has 2 aromatic rings. The van der Waals surface area contributed by atoms with E-state index in [1.54, 1.807) is 11.8 Å². The van der Waals surface area contributed by atoms with Crippen molar-refractivity contribution in [1.29, 1.82) is 0 Å². The van der Waals surface area contributed by atoms with Gasteiger partial charge < -0.3 is 5.32 Å². The molecular formula is C21H17ClF5NOS. The molecular weight excluding hydrogens is 445 g/mol. The van der Waals surface area contributed by atoms with Gasteiger partial charge in [-0.05, 0) is 41.8 Å². The summed E-state index contributed by atoms with van der Waals surface area (Å²) in [5.41, 5.74) is -0.247. The second-order valence-corrected chi connectivity index (χ2v) is 8.44. The lowest BCUT2D eigenvalue weighted by Crippen LogP contribution is -2.44. The van der Waals surface area contributed by atoms with Gasteiger partial charge in [0.25, 0.3) is 5.91 Å². The molecule has 2 nitrogen and oxygen atoms in total. The van der Waals surface area contributed by atoms with E-state index in [-0.39, 0.29) is 28.3 Å². The molecule has 0 saturated carbocycles. The van der Waals surface area contributed by atoms with Gasteiger partial charge in [0, 0.05) is 17.5 Å². The van der Waals surface area contributed by atoms with Crippen LogP contribution < -0.4 is 5.32 Å². The lowest BCUT2D eigenvalue weighted by molar-refractivity contribution is -0.139. The number of hydrogen-bond acceptors (Lipinski definition) is 2. The molecule has 3 rings (SSSR count). The van der Waals surface area contributed by atoms with Gasteiger partial charge in [0.2, 0.25) is 0 Å². The highest BCUT2D eigenvalue weighted by Crippen LogP contribution is 2.38. The Morgan fingerprint density at radius 3 is 2.47 bits per heavy atom. The average Bonchev–Trinajstić information content (AvgIpc) is 2.61. The maximum Gasteiger partial charge on any atom is 0.399 e. The molecule has 1 aliphatic heterocycles. The molecule has 30 heavy (non-hydrogen) atoms. The van der Waals surface area contributed by atoms with Crippen LogP contribution >= 0.6 is 23.4 Å². The molecule has 9 heteroatoms. The number of thioether (sulfide) groups is 1. The van der Waals surface area contributed by atoms with Gasteiger partial charge in [0.1, 0.15) is 11.6 Å². The van der Waals surface area contributed by atoms with Crippen LogP contribution in [0.1, 0.15) is 33.0 Å². The first kappa shape index (κ1) is 22.6. The van der Waals surface area contributed by atoms with Crippen molar-refractivity contribution in [1.82, 2.24) is 5.32 Å². The molecule has 1 fully saturated rings. The second kappa shape index (κ2) is 8.98. The minimum Gasteiger partial charge on any atom is -0.348 e. The van der Waals surface area contributed by atoms with E-state index in [0.29, 0.717) is 0 Å². The first-order chi connectivity index (χ1) is 14.1. The third-order valence-electron chi connectivity index (χ3n) is 4.64. The lowest BCUT2D eigenvalue weighted by Gasteiger charge is -2.25. The van der Waals surface area contributed by atoms with Crippen LogP contribution in [-0.2, 0) is 0 Å². The number of aryl methyl sites for hydroxylation is 1. The van der Waals surface area contributed by atoms with Crippen molar-refractivity contribution >= 4 is 35.3 Å². The third-order valence-corrected chi connectivity index (χ3v) is 6.19. The summed E-state index contributed by atoms with van der Waals surface area (Å²) < 4.78 is 68.7. The number of benzene rings is 2.